The zero-order valence-electron chi connectivity index (χ0n) is 15.9. The van der Waals surface area contributed by atoms with Crippen molar-refractivity contribution in [1.82, 2.24) is 24.8 Å². The van der Waals surface area contributed by atoms with Gasteiger partial charge in [0, 0.05) is 45.4 Å². The van der Waals surface area contributed by atoms with Gasteiger partial charge in [-0.1, -0.05) is 6.07 Å². The van der Waals surface area contributed by atoms with Gasteiger partial charge in [-0.05, 0) is 45.2 Å². The van der Waals surface area contributed by atoms with Crippen LogP contribution in [0.15, 0.2) is 29.4 Å². The van der Waals surface area contributed by atoms with E-state index in [-0.39, 0.29) is 0 Å². The molecule has 1 aliphatic rings. The molecule has 1 saturated heterocycles. The van der Waals surface area contributed by atoms with E-state index < -0.39 is 0 Å². The molecule has 0 amide bonds. The van der Waals surface area contributed by atoms with Gasteiger partial charge >= 0.3 is 0 Å². The molecule has 3 rings (SSSR count). The van der Waals surface area contributed by atoms with Crippen molar-refractivity contribution in [1.29, 1.82) is 0 Å². The lowest BCUT2D eigenvalue weighted by molar-refractivity contribution is 0.0264. The number of aromatic nitrogens is 3. The third-order valence-corrected chi connectivity index (χ3v) is 4.68. The topological polar surface area (TPSA) is 67.0 Å². The molecule has 0 unspecified atom stereocenters. The molecule has 1 fully saturated rings. The summed E-state index contributed by atoms with van der Waals surface area (Å²) in [6, 6.07) is 5.96. The number of aryl methyl sites for hydroxylation is 1. The fraction of sp³-hybridized carbons (Fsp3) is 0.632. The van der Waals surface area contributed by atoms with Crippen molar-refractivity contribution in [2.45, 2.75) is 45.6 Å². The Morgan fingerprint density at radius 1 is 1.27 bits per heavy atom. The number of nitrogens with one attached hydrogen (secondary N) is 1. The predicted octanol–water partition coefficient (Wildman–Crippen LogP) is 2.13. The lowest BCUT2D eigenvalue weighted by atomic mass is 10.1. The van der Waals surface area contributed by atoms with Gasteiger partial charge in [0.15, 0.2) is 11.6 Å². The molecular formula is C19H30N6O. The number of hydrogen-bond acceptors (Lipinski definition) is 4. The van der Waals surface area contributed by atoms with Gasteiger partial charge in [-0.25, -0.2) is 0 Å². The normalized spacial score (nSPS) is 16.4. The van der Waals surface area contributed by atoms with E-state index in [1.807, 2.05) is 28.8 Å². The van der Waals surface area contributed by atoms with E-state index in [2.05, 4.69) is 34.3 Å². The molecule has 0 bridgehead atoms. The second kappa shape index (κ2) is 9.52. The van der Waals surface area contributed by atoms with Crippen LogP contribution in [0.4, 0.5) is 0 Å². The van der Waals surface area contributed by atoms with Crippen LogP contribution in [0.2, 0.25) is 0 Å². The van der Waals surface area contributed by atoms with E-state index in [4.69, 9.17) is 9.73 Å². The Bertz CT molecular complexity index is 705. The maximum atomic E-state index is 5.74. The number of piperidine rings is 1. The summed E-state index contributed by atoms with van der Waals surface area (Å²) < 4.78 is 7.79. The van der Waals surface area contributed by atoms with E-state index in [1.54, 1.807) is 0 Å². The minimum Gasteiger partial charge on any atom is -0.378 e. The van der Waals surface area contributed by atoms with E-state index in [1.165, 1.54) is 0 Å². The maximum absolute atomic E-state index is 5.74. The van der Waals surface area contributed by atoms with Crippen molar-refractivity contribution >= 4 is 11.6 Å². The van der Waals surface area contributed by atoms with Gasteiger partial charge in [-0.3, -0.25) is 9.39 Å². The number of guanidine groups is 1. The molecule has 2 aromatic heterocycles. The number of rotatable bonds is 7. The lowest BCUT2D eigenvalue weighted by Crippen LogP contribution is -2.47. The first-order valence-electron chi connectivity index (χ1n) is 9.75. The third kappa shape index (κ3) is 4.72. The fourth-order valence-electron chi connectivity index (χ4n) is 3.38. The van der Waals surface area contributed by atoms with Crippen molar-refractivity contribution < 1.29 is 4.74 Å². The Morgan fingerprint density at radius 2 is 2.12 bits per heavy atom. The summed E-state index contributed by atoms with van der Waals surface area (Å²) in [6.45, 7) is 8.67. The van der Waals surface area contributed by atoms with Crippen LogP contribution in [0.25, 0.3) is 5.65 Å². The van der Waals surface area contributed by atoms with Crippen LogP contribution in [0.5, 0.6) is 0 Å². The summed E-state index contributed by atoms with van der Waals surface area (Å²) in [6.07, 6.45) is 6.40. The number of nitrogens with zero attached hydrogens (tertiary/aromatic N) is 5. The molecule has 7 heteroatoms. The van der Waals surface area contributed by atoms with Crippen LogP contribution in [0, 0.1) is 0 Å². The number of pyridine rings is 1. The zero-order valence-corrected chi connectivity index (χ0v) is 15.9. The van der Waals surface area contributed by atoms with Crippen molar-refractivity contribution in [3.05, 3.63) is 30.2 Å². The Hall–Kier alpha value is -2.15. The minimum absolute atomic E-state index is 0.403. The summed E-state index contributed by atoms with van der Waals surface area (Å²) in [7, 11) is 0. The summed E-state index contributed by atoms with van der Waals surface area (Å²) in [4.78, 5) is 7.17. The summed E-state index contributed by atoms with van der Waals surface area (Å²) in [5.74, 6) is 2.02. The monoisotopic (exact) mass is 358 g/mol. The summed E-state index contributed by atoms with van der Waals surface area (Å²) >= 11 is 0. The second-order valence-electron chi connectivity index (χ2n) is 6.53. The van der Waals surface area contributed by atoms with Crippen LogP contribution >= 0.6 is 0 Å². The average Bonchev–Trinajstić information content (AvgIpc) is 3.08. The van der Waals surface area contributed by atoms with Crippen LogP contribution in [-0.4, -0.2) is 64.3 Å². The van der Waals surface area contributed by atoms with E-state index in [9.17, 15) is 0 Å². The fourth-order valence-corrected chi connectivity index (χ4v) is 3.38. The van der Waals surface area contributed by atoms with Gasteiger partial charge in [-0.2, -0.15) is 0 Å². The summed E-state index contributed by atoms with van der Waals surface area (Å²) in [5, 5.41) is 11.9. The largest absolute Gasteiger partial charge is 0.378 e. The second-order valence-corrected chi connectivity index (χ2v) is 6.53. The van der Waals surface area contributed by atoms with Gasteiger partial charge < -0.3 is 15.0 Å². The highest BCUT2D eigenvalue weighted by Gasteiger charge is 2.21. The molecule has 0 aliphatic carbocycles. The molecule has 7 nitrogen and oxygen atoms in total. The quantitative estimate of drug-likeness (QED) is 0.467. The number of fused-ring (bicyclic) bond motifs is 1. The smallest absolute Gasteiger partial charge is 0.193 e. The van der Waals surface area contributed by atoms with Crippen LogP contribution in [0.1, 0.15) is 38.9 Å². The van der Waals surface area contributed by atoms with E-state index >= 15 is 0 Å². The van der Waals surface area contributed by atoms with Gasteiger partial charge in [0.05, 0.1) is 6.10 Å². The molecule has 0 radical (unpaired) electrons. The molecule has 1 aliphatic heterocycles. The Morgan fingerprint density at radius 3 is 2.88 bits per heavy atom. The molecule has 142 valence electrons. The van der Waals surface area contributed by atoms with Crippen LogP contribution in [0.3, 0.4) is 0 Å². The van der Waals surface area contributed by atoms with Crippen LogP contribution in [-0.2, 0) is 11.2 Å². The number of hydrogen-bond donors (Lipinski definition) is 1. The van der Waals surface area contributed by atoms with Crippen LogP contribution < -0.4 is 5.32 Å². The average molecular weight is 358 g/mol. The molecule has 1 N–H and O–H groups in total. The van der Waals surface area contributed by atoms with Crippen molar-refractivity contribution in [2.75, 3.05) is 32.8 Å². The molecule has 0 aromatic carbocycles. The van der Waals surface area contributed by atoms with E-state index in [0.29, 0.717) is 6.10 Å². The maximum Gasteiger partial charge on any atom is 0.193 e. The van der Waals surface area contributed by atoms with Gasteiger partial charge in [-0.15, -0.1) is 10.2 Å². The highest BCUT2D eigenvalue weighted by Crippen LogP contribution is 2.14. The van der Waals surface area contributed by atoms with Gasteiger partial charge in [0.25, 0.3) is 0 Å². The number of aliphatic imine (C=N–C) groups is 1. The third-order valence-electron chi connectivity index (χ3n) is 4.68. The first kappa shape index (κ1) is 18.6. The molecular weight excluding hydrogens is 328 g/mol. The molecule has 0 saturated carbocycles. The number of likely N-dealkylation sites (tertiary alicyclic amines) is 1. The van der Waals surface area contributed by atoms with Gasteiger partial charge in [0.2, 0.25) is 0 Å². The van der Waals surface area contributed by atoms with Gasteiger partial charge in [0.1, 0.15) is 5.82 Å². The Kier molecular flexibility index (Phi) is 6.82. The first-order valence-corrected chi connectivity index (χ1v) is 9.75. The molecule has 26 heavy (non-hydrogen) atoms. The predicted molar refractivity (Wildman–Crippen MR) is 104 cm³/mol. The van der Waals surface area contributed by atoms with E-state index in [0.717, 1.165) is 75.9 Å². The van der Waals surface area contributed by atoms with Crippen molar-refractivity contribution in [3.63, 3.8) is 0 Å². The summed E-state index contributed by atoms with van der Waals surface area (Å²) in [5.41, 5.74) is 0.900. The molecule has 3 heterocycles. The highest BCUT2D eigenvalue weighted by atomic mass is 16.5. The lowest BCUT2D eigenvalue weighted by Gasteiger charge is -2.34. The molecule has 0 spiro atoms. The first-order chi connectivity index (χ1) is 12.8. The molecule has 2 aromatic rings. The minimum atomic E-state index is 0.403. The Labute approximate surface area is 155 Å². The molecule has 0 atom stereocenters. The number of ether oxygens (including phenoxy) is 1. The standard InChI is InChI=1S/C19H30N6O/c1-3-20-19(24-14-10-16(11-15-24)26-4-2)21-12-7-9-18-23-22-17-8-5-6-13-25(17)18/h5-6,8,13,16H,3-4,7,9-12,14-15H2,1-2H3,(H,20,21). The van der Waals surface area contributed by atoms with Crippen molar-refractivity contribution in [3.8, 4) is 0 Å². The highest BCUT2D eigenvalue weighted by molar-refractivity contribution is 5.80. The van der Waals surface area contributed by atoms with Crippen molar-refractivity contribution in [2.24, 2.45) is 4.99 Å². The zero-order chi connectivity index (χ0) is 18.2. The SMILES string of the molecule is CCNC(=NCCCc1nnc2ccccn12)N1CCC(OCC)CC1. The Balaban J connectivity index is 1.51.